The van der Waals surface area contributed by atoms with Crippen molar-refractivity contribution in [2.75, 3.05) is 27.7 Å². The van der Waals surface area contributed by atoms with Crippen molar-refractivity contribution in [2.24, 2.45) is 0 Å². The molecule has 1 heterocycles. The molecule has 0 aliphatic carbocycles. The van der Waals surface area contributed by atoms with Crippen LogP contribution >= 0.6 is 11.6 Å². The van der Waals surface area contributed by atoms with Crippen LogP contribution in [0.2, 0.25) is 5.15 Å². The van der Waals surface area contributed by atoms with Gasteiger partial charge in [0.1, 0.15) is 10.8 Å². The fraction of sp³-hybridized carbons (Fsp3) is 0.400. The van der Waals surface area contributed by atoms with E-state index in [1.807, 2.05) is 0 Å². The van der Waals surface area contributed by atoms with E-state index in [1.54, 1.807) is 14.1 Å². The zero-order chi connectivity index (χ0) is 13.0. The summed E-state index contributed by atoms with van der Waals surface area (Å²) in [6.07, 6.45) is 2.65. The first-order valence-electron chi connectivity index (χ1n) is 4.85. The van der Waals surface area contributed by atoms with Gasteiger partial charge in [-0.3, -0.25) is 14.6 Å². The van der Waals surface area contributed by atoms with Crippen LogP contribution in [0, 0.1) is 0 Å². The molecular formula is C10H13ClN4O2. The van der Waals surface area contributed by atoms with Crippen LogP contribution in [0.3, 0.4) is 0 Å². The molecule has 6 nitrogen and oxygen atoms in total. The lowest BCUT2D eigenvalue weighted by molar-refractivity contribution is -0.129. The van der Waals surface area contributed by atoms with Crippen molar-refractivity contribution in [1.29, 1.82) is 0 Å². The molecule has 1 rings (SSSR count). The van der Waals surface area contributed by atoms with Crippen molar-refractivity contribution >= 4 is 23.4 Å². The third-order valence-electron chi connectivity index (χ3n) is 2.04. The molecular weight excluding hydrogens is 244 g/mol. The van der Waals surface area contributed by atoms with Crippen molar-refractivity contribution < 1.29 is 9.59 Å². The summed E-state index contributed by atoms with van der Waals surface area (Å²) in [5.74, 6) is -0.564. The lowest BCUT2D eigenvalue weighted by atomic mass is 10.3. The summed E-state index contributed by atoms with van der Waals surface area (Å²) in [5.41, 5.74) is 0.117. The minimum atomic E-state index is -0.393. The third-order valence-corrected chi connectivity index (χ3v) is 2.22. The van der Waals surface area contributed by atoms with E-state index in [4.69, 9.17) is 11.6 Å². The molecule has 2 amide bonds. The van der Waals surface area contributed by atoms with E-state index in [-0.39, 0.29) is 23.3 Å². The number of carbonyl (C=O) groups is 2. The van der Waals surface area contributed by atoms with Crippen LogP contribution in [0.5, 0.6) is 0 Å². The number of halogens is 1. The molecule has 0 saturated heterocycles. The second kappa shape index (κ2) is 5.58. The summed E-state index contributed by atoms with van der Waals surface area (Å²) in [5, 5.41) is 0.142. The summed E-state index contributed by atoms with van der Waals surface area (Å²) in [4.78, 5) is 33.5. The number of carbonyl (C=O) groups excluding carboxylic acids is 2. The van der Waals surface area contributed by atoms with Gasteiger partial charge in [-0.1, -0.05) is 11.6 Å². The Morgan fingerprint density at radius 2 is 1.94 bits per heavy atom. The first kappa shape index (κ1) is 13.4. The standard InChI is InChI=1S/C10H13ClN4O2/c1-14(2)9(16)6-15(3)10(17)7-4-12-5-8(11)13-7/h4-5H,6H2,1-3H3. The minimum absolute atomic E-state index is 0.0139. The Morgan fingerprint density at radius 3 is 2.47 bits per heavy atom. The zero-order valence-corrected chi connectivity index (χ0v) is 10.6. The Bertz CT molecular complexity index is 436. The summed E-state index contributed by atoms with van der Waals surface area (Å²) >= 11 is 5.63. The fourth-order valence-electron chi connectivity index (χ4n) is 1.06. The molecule has 0 aliphatic heterocycles. The Kier molecular flexibility index (Phi) is 4.39. The maximum absolute atomic E-state index is 11.8. The molecule has 0 bridgehead atoms. The van der Waals surface area contributed by atoms with Gasteiger partial charge in [-0.05, 0) is 0 Å². The molecule has 92 valence electrons. The quantitative estimate of drug-likeness (QED) is 0.780. The Hall–Kier alpha value is -1.69. The van der Waals surface area contributed by atoms with Crippen molar-refractivity contribution in [3.63, 3.8) is 0 Å². The van der Waals surface area contributed by atoms with Crippen LogP contribution in [0.15, 0.2) is 12.4 Å². The minimum Gasteiger partial charge on any atom is -0.347 e. The molecule has 0 unspecified atom stereocenters. The van der Waals surface area contributed by atoms with Crippen molar-refractivity contribution in [3.05, 3.63) is 23.2 Å². The van der Waals surface area contributed by atoms with Crippen LogP contribution in [-0.4, -0.2) is 59.3 Å². The number of nitrogens with zero attached hydrogens (tertiary/aromatic N) is 4. The Morgan fingerprint density at radius 1 is 1.29 bits per heavy atom. The molecule has 0 spiro atoms. The lowest BCUT2D eigenvalue weighted by Crippen LogP contribution is -2.38. The number of amides is 2. The molecule has 0 aromatic carbocycles. The Balaban J connectivity index is 2.73. The molecule has 0 radical (unpaired) electrons. The predicted molar refractivity (Wildman–Crippen MR) is 62.7 cm³/mol. The predicted octanol–water partition coefficient (Wildman–Crippen LogP) is 0.290. The van der Waals surface area contributed by atoms with E-state index in [1.165, 1.54) is 29.2 Å². The SMILES string of the molecule is CN(C)C(=O)CN(C)C(=O)c1cncc(Cl)n1. The number of aromatic nitrogens is 2. The molecule has 0 fully saturated rings. The third kappa shape index (κ3) is 3.67. The second-order valence-corrected chi connectivity index (χ2v) is 4.06. The Labute approximate surface area is 104 Å². The normalized spacial score (nSPS) is 9.88. The van der Waals surface area contributed by atoms with Crippen LogP contribution in [0.4, 0.5) is 0 Å². The van der Waals surface area contributed by atoms with E-state index in [9.17, 15) is 9.59 Å². The maximum Gasteiger partial charge on any atom is 0.274 e. The summed E-state index contributed by atoms with van der Waals surface area (Å²) in [7, 11) is 4.77. The van der Waals surface area contributed by atoms with E-state index in [0.717, 1.165) is 0 Å². The van der Waals surface area contributed by atoms with Gasteiger partial charge in [0.05, 0.1) is 18.9 Å². The van der Waals surface area contributed by atoms with Gasteiger partial charge >= 0.3 is 0 Å². The number of hydrogen-bond acceptors (Lipinski definition) is 4. The first-order valence-corrected chi connectivity index (χ1v) is 5.22. The number of hydrogen-bond donors (Lipinski definition) is 0. The van der Waals surface area contributed by atoms with Gasteiger partial charge in [-0.2, -0.15) is 0 Å². The van der Waals surface area contributed by atoms with Crippen LogP contribution in [-0.2, 0) is 4.79 Å². The van der Waals surface area contributed by atoms with Crippen LogP contribution < -0.4 is 0 Å². The summed E-state index contributed by atoms with van der Waals surface area (Å²) < 4.78 is 0. The average molecular weight is 257 g/mol. The highest BCUT2D eigenvalue weighted by atomic mass is 35.5. The van der Waals surface area contributed by atoms with Gasteiger partial charge in [-0.25, -0.2) is 4.98 Å². The molecule has 0 saturated carbocycles. The first-order chi connectivity index (χ1) is 7.91. The van der Waals surface area contributed by atoms with E-state index in [0.29, 0.717) is 0 Å². The van der Waals surface area contributed by atoms with Crippen molar-refractivity contribution in [1.82, 2.24) is 19.8 Å². The summed E-state index contributed by atoms with van der Waals surface area (Å²) in [6.45, 7) is -0.0139. The lowest BCUT2D eigenvalue weighted by Gasteiger charge is -2.18. The monoisotopic (exact) mass is 256 g/mol. The second-order valence-electron chi connectivity index (χ2n) is 3.68. The van der Waals surface area contributed by atoms with Gasteiger partial charge in [0.25, 0.3) is 5.91 Å². The molecule has 1 aromatic heterocycles. The van der Waals surface area contributed by atoms with Crippen LogP contribution in [0.25, 0.3) is 0 Å². The van der Waals surface area contributed by atoms with Crippen LogP contribution in [0.1, 0.15) is 10.5 Å². The highest BCUT2D eigenvalue weighted by Crippen LogP contribution is 2.04. The number of rotatable bonds is 3. The summed E-state index contributed by atoms with van der Waals surface area (Å²) in [6, 6.07) is 0. The van der Waals surface area contributed by atoms with E-state index in [2.05, 4.69) is 9.97 Å². The molecule has 0 aliphatic rings. The zero-order valence-electron chi connectivity index (χ0n) is 9.85. The maximum atomic E-state index is 11.8. The van der Waals surface area contributed by atoms with E-state index < -0.39 is 5.91 Å². The molecule has 7 heteroatoms. The molecule has 17 heavy (non-hydrogen) atoms. The van der Waals surface area contributed by atoms with Gasteiger partial charge in [0, 0.05) is 21.1 Å². The molecule has 1 aromatic rings. The smallest absolute Gasteiger partial charge is 0.274 e. The van der Waals surface area contributed by atoms with Gasteiger partial charge in [0.15, 0.2) is 0 Å². The number of likely N-dealkylation sites (N-methyl/N-ethyl adjacent to an activating group) is 2. The fourth-order valence-corrected chi connectivity index (χ4v) is 1.20. The molecule has 0 N–H and O–H groups in total. The topological polar surface area (TPSA) is 66.4 Å². The molecule has 0 atom stereocenters. The van der Waals surface area contributed by atoms with Gasteiger partial charge in [-0.15, -0.1) is 0 Å². The van der Waals surface area contributed by atoms with Gasteiger partial charge < -0.3 is 9.80 Å². The van der Waals surface area contributed by atoms with Crippen molar-refractivity contribution in [2.45, 2.75) is 0 Å². The highest BCUT2D eigenvalue weighted by Gasteiger charge is 2.17. The highest BCUT2D eigenvalue weighted by molar-refractivity contribution is 6.29. The largest absolute Gasteiger partial charge is 0.347 e. The average Bonchev–Trinajstić information content (AvgIpc) is 2.27. The van der Waals surface area contributed by atoms with Gasteiger partial charge in [0.2, 0.25) is 5.91 Å². The van der Waals surface area contributed by atoms with E-state index >= 15 is 0 Å². The van der Waals surface area contributed by atoms with Crippen molar-refractivity contribution in [3.8, 4) is 0 Å².